The molecule has 8 rings (SSSR count). The van der Waals surface area contributed by atoms with Crippen molar-refractivity contribution in [1.29, 1.82) is 0 Å². The number of methoxy groups -OCH3 is 1. The molecule has 2 heterocycles. The van der Waals surface area contributed by atoms with Gasteiger partial charge in [0.2, 0.25) is 0 Å². The first-order valence-corrected chi connectivity index (χ1v) is 13.4. The summed E-state index contributed by atoms with van der Waals surface area (Å²) in [6.45, 7) is 4.64. The van der Waals surface area contributed by atoms with Crippen LogP contribution in [0.1, 0.15) is 41.1 Å². The highest BCUT2D eigenvalue weighted by molar-refractivity contribution is 6.19. The number of rotatable bonds is 5. The van der Waals surface area contributed by atoms with E-state index in [1.54, 1.807) is 18.1 Å². The maximum Gasteiger partial charge on any atom is 0.312 e. The van der Waals surface area contributed by atoms with E-state index in [1.807, 2.05) is 42.5 Å². The fourth-order valence-corrected chi connectivity index (χ4v) is 8.09. The monoisotopic (exact) mass is 518 g/mol. The molecule has 0 spiro atoms. The number of carbonyl (C=O) groups is 2. The van der Waals surface area contributed by atoms with Crippen LogP contribution in [-0.4, -0.2) is 47.1 Å². The number of aromatic amines is 1. The number of fused-ring (bicyclic) bond motifs is 2. The molecule has 4 aliphatic rings. The number of hydrogen-bond acceptors (Lipinski definition) is 3. The number of carbonyl (C=O) groups excluding carboxylic acids is 1. The van der Waals surface area contributed by atoms with Gasteiger partial charge in [-0.05, 0) is 47.6 Å². The molecule has 4 atom stereocenters. The molecule has 1 unspecified atom stereocenters. The van der Waals surface area contributed by atoms with Crippen LogP contribution < -0.4 is 4.74 Å². The van der Waals surface area contributed by atoms with E-state index in [0.29, 0.717) is 23.4 Å². The molecule has 3 aliphatic carbocycles. The second-order valence-electron chi connectivity index (χ2n) is 11.2. The highest BCUT2D eigenvalue weighted by Gasteiger charge is 2.71. The van der Waals surface area contributed by atoms with Crippen LogP contribution in [0.4, 0.5) is 0 Å². The third-order valence-electron chi connectivity index (χ3n) is 9.72. The summed E-state index contributed by atoms with van der Waals surface area (Å²) in [6.07, 6.45) is 1.58. The Balaban J connectivity index is 1.39. The van der Waals surface area contributed by atoms with Gasteiger partial charge < -0.3 is 19.7 Å². The van der Waals surface area contributed by atoms with Crippen molar-refractivity contribution in [3.05, 3.63) is 108 Å². The Bertz CT molecular complexity index is 1640. The van der Waals surface area contributed by atoms with Gasteiger partial charge in [0, 0.05) is 52.7 Å². The number of H-pyrrole nitrogens is 1. The van der Waals surface area contributed by atoms with Gasteiger partial charge in [-0.25, -0.2) is 0 Å². The smallest absolute Gasteiger partial charge is 0.312 e. The largest absolute Gasteiger partial charge is 0.496 e. The molecule has 4 aromatic rings. The molecular formula is C33H30N2O4. The van der Waals surface area contributed by atoms with Crippen molar-refractivity contribution in [3.8, 4) is 5.75 Å². The number of benzene rings is 3. The molecular weight excluding hydrogens is 488 g/mol. The highest BCUT2D eigenvalue weighted by atomic mass is 16.5. The first-order chi connectivity index (χ1) is 18.9. The van der Waals surface area contributed by atoms with Gasteiger partial charge in [0.05, 0.1) is 12.5 Å². The fraction of sp³-hybridized carbons (Fsp3) is 0.273. The zero-order valence-corrected chi connectivity index (χ0v) is 21.8. The molecule has 0 radical (unpaired) electrons. The lowest BCUT2D eigenvalue weighted by atomic mass is 9.43. The molecule has 2 N–H and O–H groups in total. The standard InChI is InChI=1S/C33H30N2O4/c1-20(22-10-5-8-14-27(22)39-2)30(36)35-18-28-32(29-17-21-9-3-7-13-26(21)34-29)16-15-25(33(28,19-35)31(37)38)23-11-4-6-12-24(23)32/h3-14,17,25,28,34H,1,15-16,18-19H2,2H3,(H,37,38)/t25-,28?,32+,33-/m0/s1. The Morgan fingerprint density at radius 3 is 2.59 bits per heavy atom. The average Bonchev–Trinajstić information content (AvgIpc) is 3.61. The van der Waals surface area contributed by atoms with Gasteiger partial charge in [-0.2, -0.15) is 0 Å². The second kappa shape index (κ2) is 8.34. The number of para-hydroxylation sites is 2. The Hall–Kier alpha value is -4.32. The van der Waals surface area contributed by atoms with E-state index in [0.717, 1.165) is 35.0 Å². The summed E-state index contributed by atoms with van der Waals surface area (Å²) in [4.78, 5) is 32.8. The van der Waals surface area contributed by atoms with Gasteiger partial charge in [-0.1, -0.05) is 67.2 Å². The van der Waals surface area contributed by atoms with Gasteiger partial charge >= 0.3 is 5.97 Å². The Labute approximate surface area is 226 Å². The summed E-state index contributed by atoms with van der Waals surface area (Å²) in [6, 6.07) is 26.0. The summed E-state index contributed by atoms with van der Waals surface area (Å²) < 4.78 is 5.49. The lowest BCUT2D eigenvalue weighted by Crippen LogP contribution is -2.60. The summed E-state index contributed by atoms with van der Waals surface area (Å²) >= 11 is 0. The van der Waals surface area contributed by atoms with Crippen LogP contribution in [0.2, 0.25) is 0 Å². The highest BCUT2D eigenvalue weighted by Crippen LogP contribution is 2.69. The van der Waals surface area contributed by atoms with Crippen molar-refractivity contribution in [3.63, 3.8) is 0 Å². The first-order valence-electron chi connectivity index (χ1n) is 13.4. The minimum atomic E-state index is -1.10. The number of nitrogens with one attached hydrogen (secondary N) is 1. The number of ether oxygens (including phenoxy) is 1. The zero-order chi connectivity index (χ0) is 26.9. The maximum atomic E-state index is 14.0. The predicted molar refractivity (Wildman–Crippen MR) is 150 cm³/mol. The normalized spacial score (nSPS) is 26.7. The van der Waals surface area contributed by atoms with E-state index in [-0.39, 0.29) is 24.3 Å². The summed E-state index contributed by atoms with van der Waals surface area (Å²) in [5.41, 5.74) is 3.64. The van der Waals surface area contributed by atoms with Crippen LogP contribution in [0.3, 0.4) is 0 Å². The molecule has 196 valence electrons. The van der Waals surface area contributed by atoms with Crippen LogP contribution in [0.25, 0.3) is 16.5 Å². The number of carboxylic acid groups (broad SMARTS) is 1. The van der Waals surface area contributed by atoms with Crippen LogP contribution in [-0.2, 0) is 15.0 Å². The summed E-state index contributed by atoms with van der Waals surface area (Å²) in [7, 11) is 1.57. The second-order valence-corrected chi connectivity index (χ2v) is 11.2. The molecule has 1 amide bonds. The lowest BCUT2D eigenvalue weighted by Gasteiger charge is -2.58. The molecule has 2 fully saturated rings. The van der Waals surface area contributed by atoms with E-state index in [1.165, 1.54) is 5.56 Å². The number of amides is 1. The van der Waals surface area contributed by atoms with Crippen molar-refractivity contribution in [2.24, 2.45) is 11.3 Å². The number of hydrogen-bond donors (Lipinski definition) is 2. The minimum absolute atomic E-state index is 0.154. The first kappa shape index (κ1) is 23.8. The van der Waals surface area contributed by atoms with Crippen molar-refractivity contribution >= 4 is 28.4 Å². The fourth-order valence-electron chi connectivity index (χ4n) is 8.09. The Morgan fingerprint density at radius 1 is 1.05 bits per heavy atom. The molecule has 1 aromatic heterocycles. The van der Waals surface area contributed by atoms with Crippen molar-refractivity contribution in [2.45, 2.75) is 24.2 Å². The van der Waals surface area contributed by atoms with Crippen LogP contribution >= 0.6 is 0 Å². The van der Waals surface area contributed by atoms with Gasteiger partial charge in [0.1, 0.15) is 5.75 Å². The van der Waals surface area contributed by atoms with Gasteiger partial charge in [-0.3, -0.25) is 9.59 Å². The quantitative estimate of drug-likeness (QED) is 0.337. The predicted octanol–water partition coefficient (Wildman–Crippen LogP) is 5.60. The molecule has 1 saturated carbocycles. The molecule has 1 saturated heterocycles. The Morgan fingerprint density at radius 2 is 1.79 bits per heavy atom. The van der Waals surface area contributed by atoms with E-state index in [4.69, 9.17) is 4.74 Å². The van der Waals surface area contributed by atoms with E-state index >= 15 is 0 Å². The minimum Gasteiger partial charge on any atom is -0.496 e. The third kappa shape index (κ3) is 3.03. The van der Waals surface area contributed by atoms with Gasteiger partial charge in [0.15, 0.2) is 0 Å². The van der Waals surface area contributed by atoms with Gasteiger partial charge in [-0.15, -0.1) is 0 Å². The van der Waals surface area contributed by atoms with E-state index < -0.39 is 16.8 Å². The van der Waals surface area contributed by atoms with Gasteiger partial charge in [0.25, 0.3) is 5.91 Å². The van der Waals surface area contributed by atoms with Crippen molar-refractivity contribution in [1.82, 2.24) is 9.88 Å². The lowest BCUT2D eigenvalue weighted by molar-refractivity contribution is -0.157. The topological polar surface area (TPSA) is 82.6 Å². The zero-order valence-electron chi connectivity index (χ0n) is 21.8. The number of aromatic nitrogens is 1. The molecule has 6 heteroatoms. The summed E-state index contributed by atoms with van der Waals surface area (Å²) in [5.74, 6) is -0.962. The average molecular weight is 519 g/mol. The number of carboxylic acids is 1. The SMILES string of the molecule is C=C(C(=O)N1CC2[C@@]3(c4cc5ccccc5[nH]4)CC[C@@H](c4ccccc43)[C@@]2(C(=O)O)C1)c1ccccc1OC. The molecule has 39 heavy (non-hydrogen) atoms. The molecule has 2 bridgehead atoms. The third-order valence-corrected chi connectivity index (χ3v) is 9.72. The molecule has 3 aromatic carbocycles. The molecule has 6 nitrogen and oxygen atoms in total. The molecule has 1 aliphatic heterocycles. The number of aliphatic carboxylic acids is 1. The maximum absolute atomic E-state index is 14.0. The van der Waals surface area contributed by atoms with Crippen LogP contribution in [0, 0.1) is 11.3 Å². The summed E-state index contributed by atoms with van der Waals surface area (Å²) in [5, 5.41) is 12.1. The van der Waals surface area contributed by atoms with E-state index in [2.05, 4.69) is 41.9 Å². The van der Waals surface area contributed by atoms with Crippen LogP contribution in [0.15, 0.2) is 85.4 Å². The number of nitrogens with zero attached hydrogens (tertiary/aromatic N) is 1. The number of likely N-dealkylation sites (tertiary alicyclic amines) is 1. The van der Waals surface area contributed by atoms with Crippen molar-refractivity contribution < 1.29 is 19.4 Å². The Kier molecular flexibility index (Phi) is 5.08. The van der Waals surface area contributed by atoms with E-state index in [9.17, 15) is 14.7 Å². The van der Waals surface area contributed by atoms with Crippen LogP contribution in [0.5, 0.6) is 5.75 Å². The van der Waals surface area contributed by atoms with Crippen molar-refractivity contribution in [2.75, 3.05) is 20.2 Å².